The van der Waals surface area contributed by atoms with E-state index in [0.717, 1.165) is 30.9 Å². The molecule has 27 heavy (non-hydrogen) atoms. The Morgan fingerprint density at radius 1 is 1.04 bits per heavy atom. The Hall–Kier alpha value is -1.66. The van der Waals surface area contributed by atoms with Crippen molar-refractivity contribution in [3.8, 4) is 0 Å². The molecule has 2 aromatic rings. The van der Waals surface area contributed by atoms with Crippen LogP contribution in [-0.4, -0.2) is 36.0 Å². The normalized spacial score (nSPS) is 16.6. The lowest BCUT2D eigenvalue weighted by atomic mass is 10.2. The maximum absolute atomic E-state index is 13.1. The lowest BCUT2D eigenvalue weighted by Crippen LogP contribution is -2.26. The van der Waals surface area contributed by atoms with E-state index < -0.39 is 9.84 Å². The maximum atomic E-state index is 13.1. The van der Waals surface area contributed by atoms with Gasteiger partial charge < -0.3 is 4.57 Å². The van der Waals surface area contributed by atoms with Gasteiger partial charge in [0.15, 0.2) is 0 Å². The molecule has 1 aromatic carbocycles. The van der Waals surface area contributed by atoms with Gasteiger partial charge in [0.2, 0.25) is 15.0 Å². The molecule has 0 radical (unpaired) electrons. The predicted octanol–water partition coefficient (Wildman–Crippen LogP) is 3.89. The molecule has 0 atom stereocenters. The van der Waals surface area contributed by atoms with Gasteiger partial charge in [-0.15, -0.1) is 0 Å². The van der Waals surface area contributed by atoms with Crippen LogP contribution in [0.4, 0.5) is 0 Å². The molecule has 0 spiro atoms. The summed E-state index contributed by atoms with van der Waals surface area (Å²) in [6.07, 6.45) is 6.79. The van der Waals surface area contributed by atoms with Crippen LogP contribution in [-0.2, 0) is 28.7 Å². The average molecular weight is 390 g/mol. The zero-order valence-corrected chi connectivity index (χ0v) is 17.3. The van der Waals surface area contributed by atoms with Crippen molar-refractivity contribution < 1.29 is 8.42 Å². The molecule has 0 amide bonds. The number of likely N-dealkylation sites (tertiary alicyclic amines) is 1. The van der Waals surface area contributed by atoms with E-state index in [-0.39, 0.29) is 10.9 Å². The summed E-state index contributed by atoms with van der Waals surface area (Å²) >= 11 is 0. The van der Waals surface area contributed by atoms with Crippen LogP contribution in [0, 0.1) is 5.92 Å². The molecule has 0 saturated carbocycles. The van der Waals surface area contributed by atoms with Gasteiger partial charge in [-0.2, -0.15) is 0 Å². The summed E-state index contributed by atoms with van der Waals surface area (Å²) in [7, 11) is -3.48. The Morgan fingerprint density at radius 3 is 2.33 bits per heavy atom. The van der Waals surface area contributed by atoms with Gasteiger partial charge >= 0.3 is 0 Å². The highest BCUT2D eigenvalue weighted by molar-refractivity contribution is 7.90. The number of nitrogens with zero attached hydrogens (tertiary/aromatic N) is 3. The first kappa shape index (κ1) is 20.1. The molecule has 6 heteroatoms. The zero-order valence-electron chi connectivity index (χ0n) is 16.5. The number of imidazole rings is 1. The first-order chi connectivity index (χ1) is 13.0. The second kappa shape index (κ2) is 9.02. The van der Waals surface area contributed by atoms with E-state index in [9.17, 15) is 8.42 Å². The van der Waals surface area contributed by atoms with Gasteiger partial charge in [0.25, 0.3) is 0 Å². The Labute approximate surface area is 163 Å². The first-order valence-electron chi connectivity index (χ1n) is 9.99. The van der Waals surface area contributed by atoms with Crippen LogP contribution in [0.1, 0.15) is 50.8 Å². The summed E-state index contributed by atoms with van der Waals surface area (Å²) < 4.78 is 28.1. The highest BCUT2D eigenvalue weighted by Gasteiger charge is 2.25. The van der Waals surface area contributed by atoms with Gasteiger partial charge in [-0.1, -0.05) is 57.0 Å². The van der Waals surface area contributed by atoms with E-state index in [2.05, 4.69) is 23.7 Å². The van der Waals surface area contributed by atoms with Crippen molar-refractivity contribution in [3.63, 3.8) is 0 Å². The lowest BCUT2D eigenvalue weighted by Gasteiger charge is -2.21. The Bertz CT molecular complexity index is 820. The van der Waals surface area contributed by atoms with Crippen molar-refractivity contribution >= 4 is 9.84 Å². The number of hydrogen-bond donors (Lipinski definition) is 0. The molecular weight excluding hydrogens is 358 g/mol. The van der Waals surface area contributed by atoms with Crippen LogP contribution in [0.25, 0.3) is 0 Å². The monoisotopic (exact) mass is 389 g/mol. The molecule has 1 aliphatic heterocycles. The molecule has 3 rings (SSSR count). The van der Waals surface area contributed by atoms with Crippen molar-refractivity contribution in [1.82, 2.24) is 14.5 Å². The Balaban J connectivity index is 1.87. The molecule has 0 aliphatic carbocycles. The molecular formula is C21H31N3O2S. The van der Waals surface area contributed by atoms with Crippen molar-refractivity contribution in [3.05, 3.63) is 47.8 Å². The minimum atomic E-state index is -3.48. The largest absolute Gasteiger partial charge is 0.317 e. The van der Waals surface area contributed by atoms with Crippen LogP contribution in [0.5, 0.6) is 0 Å². The molecule has 148 valence electrons. The van der Waals surface area contributed by atoms with Crippen molar-refractivity contribution in [2.75, 3.05) is 13.1 Å². The van der Waals surface area contributed by atoms with Crippen LogP contribution in [0.2, 0.25) is 0 Å². The fourth-order valence-electron chi connectivity index (χ4n) is 3.71. The van der Waals surface area contributed by atoms with E-state index in [0.29, 0.717) is 12.5 Å². The minimum absolute atomic E-state index is 0.00783. The molecule has 0 N–H and O–H groups in total. The highest BCUT2D eigenvalue weighted by atomic mass is 32.2. The van der Waals surface area contributed by atoms with Gasteiger partial charge in [-0.3, -0.25) is 4.90 Å². The summed E-state index contributed by atoms with van der Waals surface area (Å²) in [5, 5.41) is 0.213. The molecule has 1 aromatic heterocycles. The average Bonchev–Trinajstić information content (AvgIpc) is 2.84. The van der Waals surface area contributed by atoms with E-state index in [1.54, 1.807) is 6.20 Å². The third-order valence-corrected chi connectivity index (χ3v) is 6.61. The zero-order chi connectivity index (χ0) is 19.3. The van der Waals surface area contributed by atoms with Gasteiger partial charge in [-0.25, -0.2) is 13.4 Å². The molecule has 0 unspecified atom stereocenters. The summed E-state index contributed by atoms with van der Waals surface area (Å²) in [5.41, 5.74) is 1.81. The summed E-state index contributed by atoms with van der Waals surface area (Å²) in [6, 6.07) is 9.35. The van der Waals surface area contributed by atoms with Crippen LogP contribution < -0.4 is 0 Å². The first-order valence-corrected chi connectivity index (χ1v) is 11.6. The highest BCUT2D eigenvalue weighted by Crippen LogP contribution is 2.21. The van der Waals surface area contributed by atoms with Crippen LogP contribution >= 0.6 is 0 Å². The van der Waals surface area contributed by atoms with E-state index in [1.165, 1.54) is 25.7 Å². The molecule has 1 saturated heterocycles. The fourth-order valence-corrected chi connectivity index (χ4v) is 5.21. The molecule has 2 heterocycles. The topological polar surface area (TPSA) is 55.2 Å². The summed E-state index contributed by atoms with van der Waals surface area (Å²) in [5.74, 6) is 0.347. The summed E-state index contributed by atoms with van der Waals surface area (Å²) in [6.45, 7) is 7.84. The molecule has 5 nitrogen and oxygen atoms in total. The third-order valence-electron chi connectivity index (χ3n) is 5.01. The minimum Gasteiger partial charge on any atom is -0.317 e. The second-order valence-electron chi connectivity index (χ2n) is 7.97. The molecule has 1 aliphatic rings. The van der Waals surface area contributed by atoms with Gasteiger partial charge in [-0.05, 0) is 37.4 Å². The number of hydrogen-bond acceptors (Lipinski definition) is 4. The summed E-state index contributed by atoms with van der Waals surface area (Å²) in [4.78, 5) is 6.81. The Kier molecular flexibility index (Phi) is 6.71. The lowest BCUT2D eigenvalue weighted by molar-refractivity contribution is 0.266. The predicted molar refractivity (Wildman–Crippen MR) is 108 cm³/mol. The van der Waals surface area contributed by atoms with E-state index in [1.807, 2.05) is 34.9 Å². The van der Waals surface area contributed by atoms with Crippen molar-refractivity contribution in [1.29, 1.82) is 0 Å². The quantitative estimate of drug-likeness (QED) is 0.721. The molecule has 0 bridgehead atoms. The second-order valence-corrected chi connectivity index (χ2v) is 9.85. The van der Waals surface area contributed by atoms with Crippen LogP contribution in [0.15, 0.2) is 41.7 Å². The molecule has 1 fully saturated rings. The van der Waals surface area contributed by atoms with E-state index in [4.69, 9.17) is 0 Å². The number of rotatable bonds is 7. The SMILES string of the molecule is CC(C)Cn1c(CN2CCCCCC2)cnc1S(=O)(=O)Cc1ccccc1. The van der Waals surface area contributed by atoms with Gasteiger partial charge in [0.05, 0.1) is 17.6 Å². The number of sulfone groups is 1. The maximum Gasteiger partial charge on any atom is 0.228 e. The Morgan fingerprint density at radius 2 is 1.70 bits per heavy atom. The number of aromatic nitrogens is 2. The van der Waals surface area contributed by atoms with Gasteiger partial charge in [0.1, 0.15) is 0 Å². The van der Waals surface area contributed by atoms with Gasteiger partial charge in [0, 0.05) is 13.1 Å². The fraction of sp³-hybridized carbons (Fsp3) is 0.571. The number of benzene rings is 1. The van der Waals surface area contributed by atoms with E-state index >= 15 is 0 Å². The van der Waals surface area contributed by atoms with Crippen molar-refractivity contribution in [2.24, 2.45) is 5.92 Å². The standard InChI is InChI=1S/C21H31N3O2S/c1-18(2)15-24-20(16-23-12-8-3-4-9-13-23)14-22-21(24)27(25,26)17-19-10-6-5-7-11-19/h5-7,10-11,14,18H,3-4,8-9,12-13,15-17H2,1-2H3. The van der Waals surface area contributed by atoms with Crippen molar-refractivity contribution in [2.45, 2.75) is 63.5 Å². The van der Waals surface area contributed by atoms with Crippen LogP contribution in [0.3, 0.4) is 0 Å². The third kappa shape index (κ3) is 5.42. The smallest absolute Gasteiger partial charge is 0.228 e.